The second-order valence-corrected chi connectivity index (χ2v) is 6.70. The average molecular weight is 304 g/mol. The predicted octanol–water partition coefficient (Wildman–Crippen LogP) is 3.76. The fourth-order valence-corrected chi connectivity index (χ4v) is 3.82. The van der Waals surface area contributed by atoms with E-state index in [1.807, 2.05) is 65.0 Å². The summed E-state index contributed by atoms with van der Waals surface area (Å²) < 4.78 is 6.24. The number of hydrogen-bond donors (Lipinski definition) is 1. The van der Waals surface area contributed by atoms with E-state index in [1.165, 1.54) is 0 Å². The first-order valence-electron chi connectivity index (χ1n) is 8.29. The molecule has 1 saturated carbocycles. The van der Waals surface area contributed by atoms with E-state index in [2.05, 4.69) is 0 Å². The molecule has 1 fully saturated rings. The molecule has 1 aromatic rings. The molecule has 0 saturated heterocycles. The van der Waals surface area contributed by atoms with Crippen LogP contribution in [0.1, 0.15) is 52.7 Å². The summed E-state index contributed by atoms with van der Waals surface area (Å²) >= 11 is 0. The van der Waals surface area contributed by atoms with Crippen molar-refractivity contribution in [3.05, 3.63) is 35.9 Å². The standard InChI is InChI=1S/C19H28O3/c1-6-19(21)13(3)17(20)12(2)18(14(19)4)22-15(5)16-10-8-7-9-11-16/h7-15,18,21H,6H2,1-5H3/t12-,13+,14+,15+,18+,19-/m1/s1. The van der Waals surface area contributed by atoms with Crippen LogP contribution in [0.15, 0.2) is 30.3 Å². The lowest BCUT2D eigenvalue weighted by Gasteiger charge is -2.49. The molecule has 0 spiro atoms. The minimum Gasteiger partial charge on any atom is -0.389 e. The molecule has 1 aliphatic rings. The molecule has 22 heavy (non-hydrogen) atoms. The third kappa shape index (κ3) is 2.84. The number of carbonyl (C=O) groups is 1. The lowest BCUT2D eigenvalue weighted by Crippen LogP contribution is -2.59. The monoisotopic (exact) mass is 304 g/mol. The van der Waals surface area contributed by atoms with Crippen LogP contribution < -0.4 is 0 Å². The smallest absolute Gasteiger partial charge is 0.143 e. The van der Waals surface area contributed by atoms with Gasteiger partial charge in [-0.2, -0.15) is 0 Å². The van der Waals surface area contributed by atoms with Gasteiger partial charge in [0.2, 0.25) is 0 Å². The lowest BCUT2D eigenvalue weighted by molar-refractivity contribution is -0.186. The van der Waals surface area contributed by atoms with Gasteiger partial charge in [-0.05, 0) is 18.9 Å². The summed E-state index contributed by atoms with van der Waals surface area (Å²) in [5.74, 6) is -0.503. The van der Waals surface area contributed by atoms with E-state index < -0.39 is 5.60 Å². The number of aliphatic hydroxyl groups is 1. The zero-order valence-electron chi connectivity index (χ0n) is 14.2. The molecule has 1 aromatic carbocycles. The summed E-state index contributed by atoms with van der Waals surface area (Å²) in [4.78, 5) is 12.5. The van der Waals surface area contributed by atoms with Crippen molar-refractivity contribution in [1.82, 2.24) is 0 Å². The van der Waals surface area contributed by atoms with Gasteiger partial charge >= 0.3 is 0 Å². The normalized spacial score (nSPS) is 37.1. The van der Waals surface area contributed by atoms with Gasteiger partial charge in [0.15, 0.2) is 0 Å². The molecule has 0 heterocycles. The van der Waals surface area contributed by atoms with E-state index in [0.717, 1.165) is 5.56 Å². The molecule has 3 nitrogen and oxygen atoms in total. The highest BCUT2D eigenvalue weighted by atomic mass is 16.5. The maximum Gasteiger partial charge on any atom is 0.143 e. The molecule has 1 aliphatic carbocycles. The van der Waals surface area contributed by atoms with Gasteiger partial charge in [-0.3, -0.25) is 4.79 Å². The predicted molar refractivity (Wildman–Crippen MR) is 87.5 cm³/mol. The van der Waals surface area contributed by atoms with E-state index >= 15 is 0 Å². The maximum absolute atomic E-state index is 12.5. The van der Waals surface area contributed by atoms with Crippen molar-refractivity contribution in [2.24, 2.45) is 17.8 Å². The number of rotatable bonds is 4. The van der Waals surface area contributed by atoms with Gasteiger partial charge in [-0.15, -0.1) is 0 Å². The first kappa shape index (κ1) is 17.2. The molecular weight excluding hydrogens is 276 g/mol. The summed E-state index contributed by atoms with van der Waals surface area (Å²) in [5, 5.41) is 11.0. The van der Waals surface area contributed by atoms with Crippen LogP contribution in [0.25, 0.3) is 0 Å². The van der Waals surface area contributed by atoms with Crippen LogP contribution in [0, 0.1) is 17.8 Å². The quantitative estimate of drug-likeness (QED) is 0.921. The van der Waals surface area contributed by atoms with Crippen molar-refractivity contribution in [3.8, 4) is 0 Å². The van der Waals surface area contributed by atoms with Gasteiger partial charge in [0.05, 0.1) is 17.8 Å². The average Bonchev–Trinajstić information content (AvgIpc) is 2.55. The summed E-state index contributed by atoms with van der Waals surface area (Å²) in [5.41, 5.74) is 0.109. The summed E-state index contributed by atoms with van der Waals surface area (Å²) in [6.07, 6.45) is 0.204. The van der Waals surface area contributed by atoms with Gasteiger partial charge in [-0.25, -0.2) is 0 Å². The van der Waals surface area contributed by atoms with Gasteiger partial charge < -0.3 is 9.84 Å². The number of ketones is 1. The van der Waals surface area contributed by atoms with E-state index in [0.29, 0.717) is 6.42 Å². The van der Waals surface area contributed by atoms with Crippen LogP contribution in [-0.4, -0.2) is 22.6 Å². The first-order chi connectivity index (χ1) is 10.3. The Hall–Kier alpha value is -1.19. The van der Waals surface area contributed by atoms with E-state index in [1.54, 1.807) is 0 Å². The summed E-state index contributed by atoms with van der Waals surface area (Å²) in [6.45, 7) is 9.71. The van der Waals surface area contributed by atoms with E-state index in [9.17, 15) is 9.90 Å². The lowest BCUT2D eigenvalue weighted by atomic mass is 9.63. The number of ether oxygens (including phenoxy) is 1. The minimum atomic E-state index is -0.981. The number of benzene rings is 1. The van der Waals surface area contributed by atoms with E-state index in [-0.39, 0.29) is 35.7 Å². The Morgan fingerprint density at radius 1 is 1.23 bits per heavy atom. The molecule has 0 radical (unpaired) electrons. The van der Waals surface area contributed by atoms with Crippen LogP contribution >= 0.6 is 0 Å². The van der Waals surface area contributed by atoms with Crippen molar-refractivity contribution in [3.63, 3.8) is 0 Å². The Morgan fingerprint density at radius 3 is 2.36 bits per heavy atom. The van der Waals surface area contributed by atoms with Gasteiger partial charge in [0.1, 0.15) is 5.78 Å². The second kappa shape index (κ2) is 6.51. The van der Waals surface area contributed by atoms with Crippen molar-refractivity contribution in [2.75, 3.05) is 0 Å². The van der Waals surface area contributed by atoms with Crippen LogP contribution in [0.4, 0.5) is 0 Å². The van der Waals surface area contributed by atoms with Crippen molar-refractivity contribution in [2.45, 2.75) is 58.8 Å². The zero-order chi connectivity index (χ0) is 16.5. The number of hydrogen-bond acceptors (Lipinski definition) is 3. The van der Waals surface area contributed by atoms with E-state index in [4.69, 9.17) is 4.74 Å². The molecule has 0 bridgehead atoms. The van der Waals surface area contributed by atoms with Crippen molar-refractivity contribution < 1.29 is 14.6 Å². The van der Waals surface area contributed by atoms with Crippen molar-refractivity contribution in [1.29, 1.82) is 0 Å². The molecule has 2 rings (SSSR count). The van der Waals surface area contributed by atoms with Crippen LogP contribution in [0.5, 0.6) is 0 Å². The SMILES string of the molecule is CC[C@@]1(O)[C@@H](C)C(=O)[C@@H](C)[C@H](O[C@@H](C)c2ccccc2)[C@@H]1C. The fourth-order valence-electron chi connectivity index (χ4n) is 3.82. The molecule has 122 valence electrons. The van der Waals surface area contributed by atoms with Crippen LogP contribution in [0.3, 0.4) is 0 Å². The van der Waals surface area contributed by atoms with Gasteiger partial charge in [-0.1, -0.05) is 58.0 Å². The molecule has 0 aromatic heterocycles. The van der Waals surface area contributed by atoms with Crippen molar-refractivity contribution >= 4 is 5.78 Å². The minimum absolute atomic E-state index is 0.0774. The molecule has 0 amide bonds. The number of carbonyl (C=O) groups excluding carboxylic acids is 1. The Morgan fingerprint density at radius 2 is 1.82 bits per heavy atom. The molecular formula is C19H28O3. The summed E-state index contributed by atoms with van der Waals surface area (Å²) in [7, 11) is 0. The highest BCUT2D eigenvalue weighted by Crippen LogP contribution is 2.43. The molecule has 6 atom stereocenters. The maximum atomic E-state index is 12.5. The topological polar surface area (TPSA) is 46.5 Å². The highest BCUT2D eigenvalue weighted by molar-refractivity contribution is 5.85. The summed E-state index contributed by atoms with van der Waals surface area (Å²) in [6, 6.07) is 10.00. The second-order valence-electron chi connectivity index (χ2n) is 6.70. The van der Waals surface area contributed by atoms with Gasteiger partial charge in [0, 0.05) is 17.8 Å². The van der Waals surface area contributed by atoms with Crippen LogP contribution in [-0.2, 0) is 9.53 Å². The Kier molecular flexibility index (Phi) is 5.08. The molecule has 1 N–H and O–H groups in total. The largest absolute Gasteiger partial charge is 0.389 e. The molecule has 0 aliphatic heterocycles. The van der Waals surface area contributed by atoms with Gasteiger partial charge in [0.25, 0.3) is 0 Å². The third-order valence-electron chi connectivity index (χ3n) is 5.60. The molecule has 0 unspecified atom stereocenters. The first-order valence-corrected chi connectivity index (χ1v) is 8.29. The van der Waals surface area contributed by atoms with Crippen LogP contribution in [0.2, 0.25) is 0 Å². The Labute approximate surface area is 133 Å². The third-order valence-corrected chi connectivity index (χ3v) is 5.60. The Bertz CT molecular complexity index is 513. The molecule has 3 heteroatoms. The fraction of sp³-hybridized carbons (Fsp3) is 0.632. The highest BCUT2D eigenvalue weighted by Gasteiger charge is 2.53. The number of Topliss-reactive ketones (excluding diaryl/α,β-unsaturated/α-hetero) is 1. The Balaban J connectivity index is 2.23. The zero-order valence-corrected chi connectivity index (χ0v) is 14.2.